The molecule has 2 N–H and O–H groups in total. The lowest BCUT2D eigenvalue weighted by Gasteiger charge is -2.06. The molecule has 0 heterocycles. The number of aliphatic hydroxyl groups excluding tert-OH is 1. The van der Waals surface area contributed by atoms with Gasteiger partial charge in [0.25, 0.3) is 5.91 Å². The Bertz CT molecular complexity index is 399. The van der Waals surface area contributed by atoms with Crippen molar-refractivity contribution >= 4 is 33.6 Å². The van der Waals surface area contributed by atoms with Gasteiger partial charge in [0, 0.05) is 28.9 Å². The summed E-state index contributed by atoms with van der Waals surface area (Å²) in [7, 11) is 0. The summed E-state index contributed by atoms with van der Waals surface area (Å²) in [6, 6.07) is 5.57. The van der Waals surface area contributed by atoms with Gasteiger partial charge in [0.05, 0.1) is 0 Å². The molecule has 0 aromatic heterocycles. The molecular formula is C13H18BrNO2S. The van der Waals surface area contributed by atoms with Gasteiger partial charge in [-0.1, -0.05) is 15.9 Å². The number of hydrogen-bond donors (Lipinski definition) is 2. The predicted molar refractivity (Wildman–Crippen MR) is 80.2 cm³/mol. The third-order valence-corrected chi connectivity index (χ3v) is 4.36. The van der Waals surface area contributed by atoms with E-state index in [9.17, 15) is 4.79 Å². The number of amides is 1. The highest BCUT2D eigenvalue weighted by atomic mass is 79.9. The van der Waals surface area contributed by atoms with Gasteiger partial charge in [0.2, 0.25) is 0 Å². The van der Waals surface area contributed by atoms with Crippen LogP contribution in [0.15, 0.2) is 22.7 Å². The third-order valence-electron chi connectivity index (χ3n) is 2.40. The number of rotatable bonds is 7. The van der Waals surface area contributed by atoms with E-state index in [1.807, 2.05) is 25.1 Å². The molecule has 0 spiro atoms. The molecule has 0 atom stereocenters. The van der Waals surface area contributed by atoms with E-state index in [4.69, 9.17) is 5.11 Å². The van der Waals surface area contributed by atoms with Crippen molar-refractivity contribution in [2.75, 3.05) is 24.7 Å². The monoisotopic (exact) mass is 331 g/mol. The maximum absolute atomic E-state index is 11.8. The number of carbonyl (C=O) groups is 1. The van der Waals surface area contributed by atoms with E-state index in [1.165, 1.54) is 0 Å². The minimum atomic E-state index is -0.0339. The van der Waals surface area contributed by atoms with Crippen LogP contribution in [-0.2, 0) is 0 Å². The second kappa shape index (κ2) is 8.56. The number of halogens is 1. The van der Waals surface area contributed by atoms with Crippen LogP contribution >= 0.6 is 27.7 Å². The van der Waals surface area contributed by atoms with E-state index < -0.39 is 0 Å². The molecule has 0 unspecified atom stereocenters. The highest BCUT2D eigenvalue weighted by Crippen LogP contribution is 2.16. The Morgan fingerprint density at radius 1 is 1.44 bits per heavy atom. The molecule has 18 heavy (non-hydrogen) atoms. The van der Waals surface area contributed by atoms with E-state index in [0.717, 1.165) is 28.0 Å². The average molecular weight is 332 g/mol. The molecule has 0 bridgehead atoms. The van der Waals surface area contributed by atoms with E-state index in [2.05, 4.69) is 21.2 Å². The van der Waals surface area contributed by atoms with Gasteiger partial charge in [-0.2, -0.15) is 11.8 Å². The second-order valence-electron chi connectivity index (χ2n) is 3.91. The summed E-state index contributed by atoms with van der Waals surface area (Å²) in [4.78, 5) is 11.8. The minimum absolute atomic E-state index is 0.0339. The highest BCUT2D eigenvalue weighted by Gasteiger charge is 2.05. The van der Waals surface area contributed by atoms with E-state index >= 15 is 0 Å². The quantitative estimate of drug-likeness (QED) is 0.755. The molecule has 5 heteroatoms. The van der Waals surface area contributed by atoms with Gasteiger partial charge in [0.1, 0.15) is 0 Å². The summed E-state index contributed by atoms with van der Waals surface area (Å²) >= 11 is 5.15. The summed E-state index contributed by atoms with van der Waals surface area (Å²) < 4.78 is 1.01. The first-order valence-electron chi connectivity index (χ1n) is 5.88. The summed E-state index contributed by atoms with van der Waals surface area (Å²) in [6.45, 7) is 2.85. The molecule has 0 aliphatic carbocycles. The van der Waals surface area contributed by atoms with Crippen molar-refractivity contribution in [1.29, 1.82) is 0 Å². The average Bonchev–Trinajstić information content (AvgIpc) is 2.36. The van der Waals surface area contributed by atoms with Crippen LogP contribution in [0.1, 0.15) is 22.3 Å². The number of carbonyl (C=O) groups excluding carboxylic acids is 1. The zero-order valence-electron chi connectivity index (χ0n) is 10.4. The zero-order valence-corrected chi connectivity index (χ0v) is 12.8. The maximum Gasteiger partial charge on any atom is 0.251 e. The van der Waals surface area contributed by atoms with E-state index in [0.29, 0.717) is 12.1 Å². The van der Waals surface area contributed by atoms with Crippen molar-refractivity contribution in [3.63, 3.8) is 0 Å². The van der Waals surface area contributed by atoms with Crippen molar-refractivity contribution < 1.29 is 9.90 Å². The standard InChI is InChI=1S/C13H18BrNO2S/c1-10-9-11(3-4-12(10)14)13(17)15-5-8-18-7-2-6-16/h3-4,9,16H,2,5-8H2,1H3,(H,15,17). The molecule has 0 aliphatic rings. The predicted octanol–water partition coefficient (Wildman–Crippen LogP) is 2.60. The molecule has 1 aromatic rings. The van der Waals surface area contributed by atoms with Gasteiger partial charge in [-0.05, 0) is 42.9 Å². The molecule has 0 fully saturated rings. The van der Waals surface area contributed by atoms with Crippen LogP contribution in [0.4, 0.5) is 0 Å². The zero-order chi connectivity index (χ0) is 13.4. The fourth-order valence-corrected chi connectivity index (χ4v) is 2.42. The molecule has 0 saturated heterocycles. The number of aliphatic hydroxyl groups is 1. The Hall–Kier alpha value is -0.520. The van der Waals surface area contributed by atoms with Crippen molar-refractivity contribution in [2.24, 2.45) is 0 Å². The van der Waals surface area contributed by atoms with Crippen molar-refractivity contribution in [3.8, 4) is 0 Å². The smallest absolute Gasteiger partial charge is 0.251 e. The van der Waals surface area contributed by atoms with Gasteiger partial charge >= 0.3 is 0 Å². The topological polar surface area (TPSA) is 49.3 Å². The van der Waals surface area contributed by atoms with Crippen molar-refractivity contribution in [3.05, 3.63) is 33.8 Å². The van der Waals surface area contributed by atoms with Crippen molar-refractivity contribution in [2.45, 2.75) is 13.3 Å². The van der Waals surface area contributed by atoms with Crippen LogP contribution in [0.5, 0.6) is 0 Å². The van der Waals surface area contributed by atoms with Gasteiger partial charge in [-0.3, -0.25) is 4.79 Å². The molecule has 0 radical (unpaired) electrons. The number of aryl methyl sites for hydroxylation is 1. The Balaban J connectivity index is 2.30. The van der Waals surface area contributed by atoms with Crippen LogP contribution in [0, 0.1) is 6.92 Å². The fourth-order valence-electron chi connectivity index (χ4n) is 1.39. The third kappa shape index (κ3) is 5.42. The first-order chi connectivity index (χ1) is 8.65. The maximum atomic E-state index is 11.8. The summed E-state index contributed by atoms with van der Waals surface area (Å²) in [5.41, 5.74) is 1.75. The van der Waals surface area contributed by atoms with Crippen LogP contribution in [0.25, 0.3) is 0 Å². The van der Waals surface area contributed by atoms with Crippen molar-refractivity contribution in [1.82, 2.24) is 5.32 Å². The van der Waals surface area contributed by atoms with E-state index in [-0.39, 0.29) is 12.5 Å². The van der Waals surface area contributed by atoms with Crippen LogP contribution in [-0.4, -0.2) is 35.7 Å². The largest absolute Gasteiger partial charge is 0.396 e. The molecule has 0 aliphatic heterocycles. The number of thioether (sulfide) groups is 1. The Kier molecular flexibility index (Phi) is 7.39. The summed E-state index contributed by atoms with van der Waals surface area (Å²) in [6.07, 6.45) is 0.810. The Morgan fingerprint density at radius 3 is 2.89 bits per heavy atom. The molecule has 3 nitrogen and oxygen atoms in total. The van der Waals surface area contributed by atoms with Crippen LogP contribution in [0.3, 0.4) is 0 Å². The lowest BCUT2D eigenvalue weighted by molar-refractivity contribution is 0.0956. The van der Waals surface area contributed by atoms with Gasteiger partial charge in [-0.25, -0.2) is 0 Å². The second-order valence-corrected chi connectivity index (χ2v) is 5.99. The number of hydrogen-bond acceptors (Lipinski definition) is 3. The number of nitrogens with one attached hydrogen (secondary N) is 1. The SMILES string of the molecule is Cc1cc(C(=O)NCCSCCCO)ccc1Br. The Labute approximate surface area is 120 Å². The summed E-state index contributed by atoms with van der Waals surface area (Å²) in [5.74, 6) is 1.78. The fraction of sp³-hybridized carbons (Fsp3) is 0.462. The normalized spacial score (nSPS) is 10.4. The van der Waals surface area contributed by atoms with Gasteiger partial charge in [-0.15, -0.1) is 0 Å². The summed E-state index contributed by atoms with van der Waals surface area (Å²) in [5, 5.41) is 11.5. The van der Waals surface area contributed by atoms with Gasteiger partial charge in [0.15, 0.2) is 0 Å². The first-order valence-corrected chi connectivity index (χ1v) is 7.83. The number of benzene rings is 1. The molecule has 1 aromatic carbocycles. The minimum Gasteiger partial charge on any atom is -0.396 e. The molecule has 0 saturated carbocycles. The first kappa shape index (κ1) is 15.5. The molecule has 100 valence electrons. The van der Waals surface area contributed by atoms with E-state index in [1.54, 1.807) is 11.8 Å². The molecule has 1 amide bonds. The van der Waals surface area contributed by atoms with Gasteiger partial charge < -0.3 is 10.4 Å². The lowest BCUT2D eigenvalue weighted by Crippen LogP contribution is -2.25. The van der Waals surface area contributed by atoms with Crippen LogP contribution < -0.4 is 5.32 Å². The Morgan fingerprint density at radius 2 is 2.22 bits per heavy atom. The molecule has 1 rings (SSSR count). The molecular weight excluding hydrogens is 314 g/mol. The lowest BCUT2D eigenvalue weighted by atomic mass is 10.1. The highest BCUT2D eigenvalue weighted by molar-refractivity contribution is 9.10. The van der Waals surface area contributed by atoms with Crippen LogP contribution in [0.2, 0.25) is 0 Å².